The molecule has 1 aliphatic rings. The Bertz CT molecular complexity index is 697. The van der Waals surface area contributed by atoms with Crippen molar-refractivity contribution in [3.05, 3.63) is 82.9 Å². The lowest BCUT2D eigenvalue weighted by Gasteiger charge is -2.25. The summed E-state index contributed by atoms with van der Waals surface area (Å²) in [6.45, 7) is 6.40. The Morgan fingerprint density at radius 1 is 1.14 bits per heavy atom. The van der Waals surface area contributed by atoms with Gasteiger partial charge in [0.25, 0.3) is 0 Å². The number of hydrogen-bond acceptors (Lipinski definition) is 1. The van der Waals surface area contributed by atoms with Gasteiger partial charge in [-0.3, -0.25) is 4.79 Å². The first-order valence-electron chi connectivity index (χ1n) is 8.03. The summed E-state index contributed by atoms with van der Waals surface area (Å²) in [5, 5.41) is 0. The molecule has 1 unspecified atom stereocenters. The summed E-state index contributed by atoms with van der Waals surface area (Å²) in [7, 11) is 0. The van der Waals surface area contributed by atoms with Gasteiger partial charge < -0.3 is 0 Å². The highest BCUT2D eigenvalue weighted by molar-refractivity contribution is 5.96. The topological polar surface area (TPSA) is 17.1 Å². The summed E-state index contributed by atoms with van der Waals surface area (Å²) in [5.41, 5.74) is 6.26. The van der Waals surface area contributed by atoms with Crippen LogP contribution >= 0.6 is 0 Å². The number of carbonyl (C=O) groups excluding carboxylic acids is 1. The maximum absolute atomic E-state index is 12.2. The van der Waals surface area contributed by atoms with Crippen LogP contribution in [0.4, 0.5) is 0 Å². The summed E-state index contributed by atoms with van der Waals surface area (Å²) in [6, 6.07) is 16.2. The van der Waals surface area contributed by atoms with Crippen molar-refractivity contribution in [2.45, 2.75) is 38.5 Å². The predicted molar refractivity (Wildman–Crippen MR) is 91.4 cm³/mol. The minimum atomic E-state index is 0.222. The molecule has 3 rings (SSSR count). The van der Waals surface area contributed by atoms with Crippen molar-refractivity contribution in [1.82, 2.24) is 0 Å². The normalized spacial score (nSPS) is 17.1. The Labute approximate surface area is 132 Å². The lowest BCUT2D eigenvalue weighted by atomic mass is 9.80. The van der Waals surface area contributed by atoms with Crippen molar-refractivity contribution < 1.29 is 4.79 Å². The van der Waals surface area contributed by atoms with Crippen LogP contribution in [0.25, 0.3) is 0 Å². The number of Topliss-reactive ketones (excluding diaryl/α,β-unsaturated/α-hetero) is 1. The molecule has 0 N–H and O–H groups in total. The Balaban J connectivity index is 1.69. The lowest BCUT2D eigenvalue weighted by Crippen LogP contribution is -2.10. The van der Waals surface area contributed by atoms with Gasteiger partial charge in [0.1, 0.15) is 0 Å². The van der Waals surface area contributed by atoms with Crippen molar-refractivity contribution in [3.8, 4) is 0 Å². The Morgan fingerprint density at radius 3 is 2.68 bits per heavy atom. The zero-order valence-electron chi connectivity index (χ0n) is 13.1. The number of fused-ring (bicyclic) bond motifs is 1. The van der Waals surface area contributed by atoms with E-state index < -0.39 is 0 Å². The van der Waals surface area contributed by atoms with Crippen molar-refractivity contribution >= 4 is 5.78 Å². The second kappa shape index (κ2) is 6.31. The lowest BCUT2D eigenvalue weighted by molar-refractivity contribution is 0.0983. The molecule has 22 heavy (non-hydrogen) atoms. The van der Waals surface area contributed by atoms with Crippen LogP contribution in [0, 0.1) is 0 Å². The molecule has 1 nitrogen and oxygen atoms in total. The summed E-state index contributed by atoms with van der Waals surface area (Å²) >= 11 is 0. The number of hydrogen-bond donors (Lipinski definition) is 0. The number of ketones is 1. The average Bonchev–Trinajstić information content (AvgIpc) is 2.57. The van der Waals surface area contributed by atoms with Gasteiger partial charge >= 0.3 is 0 Å². The number of aryl methyl sites for hydroxylation is 2. The average molecular weight is 290 g/mol. The fraction of sp³-hybridized carbons (Fsp3) is 0.286. The molecule has 2 aromatic rings. The highest BCUT2D eigenvalue weighted by Crippen LogP contribution is 2.34. The third-order valence-electron chi connectivity index (χ3n) is 4.74. The van der Waals surface area contributed by atoms with E-state index in [2.05, 4.69) is 31.7 Å². The van der Waals surface area contributed by atoms with E-state index in [1.165, 1.54) is 22.3 Å². The van der Waals surface area contributed by atoms with E-state index in [1.54, 1.807) is 0 Å². The van der Waals surface area contributed by atoms with Gasteiger partial charge in [-0.15, -0.1) is 0 Å². The van der Waals surface area contributed by atoms with E-state index in [0.717, 1.165) is 24.8 Å². The van der Waals surface area contributed by atoms with Crippen LogP contribution in [0.15, 0.2) is 60.7 Å². The highest BCUT2D eigenvalue weighted by atomic mass is 16.1. The van der Waals surface area contributed by atoms with Gasteiger partial charge in [0, 0.05) is 17.9 Å². The van der Waals surface area contributed by atoms with E-state index >= 15 is 0 Å². The molecule has 0 amide bonds. The van der Waals surface area contributed by atoms with Crippen LogP contribution < -0.4 is 0 Å². The molecule has 0 aromatic heterocycles. The first-order valence-corrected chi connectivity index (χ1v) is 8.03. The second-order valence-electron chi connectivity index (χ2n) is 6.20. The summed E-state index contributed by atoms with van der Waals surface area (Å²) in [4.78, 5) is 12.2. The standard InChI is InChI=1S/C21H22O/c1-15-8-11-19-14-17(9-12-20(19)16(15)2)10-13-21(22)18-6-4-3-5-7-18/h3-7,9,12,14,16H,1,8,10-11,13H2,2H3. The molecule has 0 fully saturated rings. The molecule has 112 valence electrons. The fourth-order valence-electron chi connectivity index (χ4n) is 3.21. The summed E-state index contributed by atoms with van der Waals surface area (Å²) in [6.07, 6.45) is 3.56. The first-order chi connectivity index (χ1) is 10.6. The third kappa shape index (κ3) is 3.04. The molecule has 1 aliphatic carbocycles. The van der Waals surface area contributed by atoms with Crippen LogP contribution in [-0.4, -0.2) is 5.78 Å². The quantitative estimate of drug-likeness (QED) is 0.565. The molecule has 0 saturated heterocycles. The van der Waals surface area contributed by atoms with Gasteiger partial charge in [0.15, 0.2) is 5.78 Å². The zero-order chi connectivity index (χ0) is 15.5. The molecular formula is C21H22O. The van der Waals surface area contributed by atoms with Crippen molar-refractivity contribution in [1.29, 1.82) is 0 Å². The molecule has 0 radical (unpaired) electrons. The monoisotopic (exact) mass is 290 g/mol. The number of benzene rings is 2. The van der Waals surface area contributed by atoms with Crippen LogP contribution in [0.1, 0.15) is 52.7 Å². The molecule has 2 aromatic carbocycles. The molecule has 0 saturated carbocycles. The Kier molecular flexibility index (Phi) is 4.24. The number of carbonyl (C=O) groups is 1. The summed E-state index contributed by atoms with van der Waals surface area (Å²) < 4.78 is 0. The molecule has 0 heterocycles. The first kappa shape index (κ1) is 14.8. The fourth-order valence-corrected chi connectivity index (χ4v) is 3.21. The van der Waals surface area contributed by atoms with Gasteiger partial charge in [-0.05, 0) is 36.0 Å². The molecular weight excluding hydrogens is 268 g/mol. The van der Waals surface area contributed by atoms with Crippen LogP contribution in [-0.2, 0) is 12.8 Å². The van der Waals surface area contributed by atoms with E-state index in [-0.39, 0.29) is 5.78 Å². The Hall–Kier alpha value is -2.15. The second-order valence-corrected chi connectivity index (χ2v) is 6.20. The molecule has 1 heteroatoms. The van der Waals surface area contributed by atoms with E-state index in [0.29, 0.717) is 12.3 Å². The smallest absolute Gasteiger partial charge is 0.163 e. The maximum atomic E-state index is 12.2. The van der Waals surface area contributed by atoms with Crippen molar-refractivity contribution in [3.63, 3.8) is 0 Å². The van der Waals surface area contributed by atoms with E-state index in [9.17, 15) is 4.79 Å². The largest absolute Gasteiger partial charge is 0.294 e. The predicted octanol–water partition coefficient (Wildman–Crippen LogP) is 5.11. The van der Waals surface area contributed by atoms with Crippen molar-refractivity contribution in [2.24, 2.45) is 0 Å². The minimum Gasteiger partial charge on any atom is -0.294 e. The van der Waals surface area contributed by atoms with E-state index in [1.807, 2.05) is 30.3 Å². The number of rotatable bonds is 4. The zero-order valence-corrected chi connectivity index (χ0v) is 13.1. The van der Waals surface area contributed by atoms with E-state index in [4.69, 9.17) is 0 Å². The van der Waals surface area contributed by atoms with Crippen molar-refractivity contribution in [2.75, 3.05) is 0 Å². The Morgan fingerprint density at radius 2 is 1.91 bits per heavy atom. The summed E-state index contributed by atoms with van der Waals surface area (Å²) in [5.74, 6) is 0.684. The van der Waals surface area contributed by atoms with Gasteiger partial charge in [-0.25, -0.2) is 0 Å². The van der Waals surface area contributed by atoms with Gasteiger partial charge in [0.05, 0.1) is 0 Å². The molecule has 0 bridgehead atoms. The van der Waals surface area contributed by atoms with Gasteiger partial charge in [0.2, 0.25) is 0 Å². The van der Waals surface area contributed by atoms with Gasteiger partial charge in [-0.1, -0.05) is 67.6 Å². The molecule has 0 spiro atoms. The highest BCUT2D eigenvalue weighted by Gasteiger charge is 2.19. The van der Waals surface area contributed by atoms with Gasteiger partial charge in [-0.2, -0.15) is 0 Å². The third-order valence-corrected chi connectivity index (χ3v) is 4.74. The van der Waals surface area contributed by atoms with Crippen LogP contribution in [0.3, 0.4) is 0 Å². The SMILES string of the molecule is C=C1CCc2cc(CCC(=O)c3ccccc3)ccc2C1C. The molecule has 0 aliphatic heterocycles. The van der Waals surface area contributed by atoms with Crippen LogP contribution in [0.5, 0.6) is 0 Å². The number of allylic oxidation sites excluding steroid dienone is 1. The van der Waals surface area contributed by atoms with Crippen LogP contribution in [0.2, 0.25) is 0 Å². The molecule has 1 atom stereocenters. The minimum absolute atomic E-state index is 0.222. The maximum Gasteiger partial charge on any atom is 0.163 e.